The third kappa shape index (κ3) is 3.94. The third-order valence-electron chi connectivity index (χ3n) is 3.81. The lowest BCUT2D eigenvalue weighted by molar-refractivity contribution is -0.113. The first kappa shape index (κ1) is 17.2. The van der Waals surface area contributed by atoms with Crippen molar-refractivity contribution in [3.05, 3.63) is 23.9 Å². The van der Waals surface area contributed by atoms with E-state index >= 15 is 0 Å². The lowest BCUT2D eigenvalue weighted by Crippen LogP contribution is -2.18. The number of carbonyl (C=O) groups is 1. The summed E-state index contributed by atoms with van der Waals surface area (Å²) in [7, 11) is 0. The second kappa shape index (κ2) is 7.98. The van der Waals surface area contributed by atoms with Crippen molar-refractivity contribution >= 4 is 34.1 Å². The molecule has 1 saturated heterocycles. The van der Waals surface area contributed by atoms with Crippen molar-refractivity contribution in [3.8, 4) is 11.6 Å². The Morgan fingerprint density at radius 2 is 2.38 bits per heavy atom. The second-order valence-corrected chi connectivity index (χ2v) is 7.39. The zero-order chi connectivity index (χ0) is 17.8. The topological polar surface area (TPSA) is 108 Å². The maximum atomic E-state index is 12.1. The minimum Gasteiger partial charge on any atom is -0.461 e. The summed E-state index contributed by atoms with van der Waals surface area (Å²) in [6, 6.07) is 3.65. The van der Waals surface area contributed by atoms with Crippen molar-refractivity contribution in [1.82, 2.24) is 25.0 Å². The highest BCUT2D eigenvalue weighted by atomic mass is 32.2. The van der Waals surface area contributed by atoms with E-state index in [1.807, 2.05) is 16.7 Å². The van der Waals surface area contributed by atoms with Gasteiger partial charge in [0.2, 0.25) is 16.9 Å². The third-order valence-corrected chi connectivity index (χ3v) is 5.38. The Morgan fingerprint density at radius 1 is 1.42 bits per heavy atom. The van der Waals surface area contributed by atoms with Gasteiger partial charge in [-0.25, -0.2) is 0 Å². The molecule has 1 N–H and O–H groups in total. The maximum absolute atomic E-state index is 12.1. The maximum Gasteiger partial charge on any atom is 0.236 e. The number of nitrogens with one attached hydrogen (secondary N) is 1. The molecule has 3 aromatic heterocycles. The Hall–Kier alpha value is -2.24. The Bertz CT molecular complexity index is 843. The van der Waals surface area contributed by atoms with Gasteiger partial charge in [0.05, 0.1) is 24.7 Å². The predicted octanol–water partition coefficient (Wildman–Crippen LogP) is 2.30. The lowest BCUT2D eigenvalue weighted by Gasteiger charge is -2.13. The number of furan rings is 1. The SMILES string of the molecule is O=C(CSc1nnc(-c2ccco2)n1CC1CCCO1)Nc1nncs1. The summed E-state index contributed by atoms with van der Waals surface area (Å²) in [6.45, 7) is 1.40. The highest BCUT2D eigenvalue weighted by Gasteiger charge is 2.23. The second-order valence-electron chi connectivity index (χ2n) is 5.61. The molecule has 4 rings (SSSR count). The molecule has 1 aliphatic heterocycles. The number of anilines is 1. The van der Waals surface area contributed by atoms with Crippen LogP contribution in [-0.4, -0.2) is 49.3 Å². The van der Waals surface area contributed by atoms with Gasteiger partial charge in [0, 0.05) is 6.61 Å². The molecule has 9 nitrogen and oxygen atoms in total. The van der Waals surface area contributed by atoms with Crippen LogP contribution in [0.25, 0.3) is 11.6 Å². The van der Waals surface area contributed by atoms with Crippen LogP contribution >= 0.6 is 23.1 Å². The summed E-state index contributed by atoms with van der Waals surface area (Å²) < 4.78 is 13.2. The number of carbonyl (C=O) groups excluding carboxylic acids is 1. The van der Waals surface area contributed by atoms with Gasteiger partial charge in [0.15, 0.2) is 10.9 Å². The number of hydrogen-bond acceptors (Lipinski definition) is 9. The van der Waals surface area contributed by atoms with Crippen molar-refractivity contribution in [3.63, 3.8) is 0 Å². The minimum atomic E-state index is -0.169. The molecule has 1 unspecified atom stereocenters. The van der Waals surface area contributed by atoms with Crippen LogP contribution in [0, 0.1) is 0 Å². The molecule has 3 aromatic rings. The van der Waals surface area contributed by atoms with Crippen LogP contribution in [0.1, 0.15) is 12.8 Å². The Morgan fingerprint density at radius 3 is 3.12 bits per heavy atom. The van der Waals surface area contributed by atoms with Gasteiger partial charge in [0.1, 0.15) is 5.51 Å². The quantitative estimate of drug-likeness (QED) is 0.610. The molecule has 1 atom stereocenters. The smallest absolute Gasteiger partial charge is 0.236 e. The summed E-state index contributed by atoms with van der Waals surface area (Å²) in [5.74, 6) is 1.30. The van der Waals surface area contributed by atoms with Gasteiger partial charge in [0.25, 0.3) is 0 Å². The van der Waals surface area contributed by atoms with Gasteiger partial charge in [-0.15, -0.1) is 20.4 Å². The van der Waals surface area contributed by atoms with Gasteiger partial charge in [-0.3, -0.25) is 14.7 Å². The van der Waals surface area contributed by atoms with Crippen LogP contribution in [0.5, 0.6) is 0 Å². The standard InChI is InChI=1S/C15H16N6O3S2/c22-12(17-14-19-16-9-26-14)8-25-15-20-18-13(11-4-2-6-24-11)21(15)7-10-3-1-5-23-10/h2,4,6,9-10H,1,3,5,7-8H2,(H,17,19,22). The molecule has 4 heterocycles. The van der Waals surface area contributed by atoms with Crippen molar-refractivity contribution < 1.29 is 13.9 Å². The van der Waals surface area contributed by atoms with Crippen molar-refractivity contribution in [2.45, 2.75) is 30.6 Å². The van der Waals surface area contributed by atoms with Crippen molar-refractivity contribution in [2.75, 3.05) is 17.7 Å². The van der Waals surface area contributed by atoms with Crippen molar-refractivity contribution in [1.29, 1.82) is 0 Å². The molecular formula is C15H16N6O3S2. The number of nitrogens with zero attached hydrogens (tertiary/aromatic N) is 5. The molecule has 0 bridgehead atoms. The fourth-order valence-corrected chi connectivity index (χ4v) is 3.86. The van der Waals surface area contributed by atoms with Crippen LogP contribution in [-0.2, 0) is 16.1 Å². The van der Waals surface area contributed by atoms with Crippen LogP contribution in [0.3, 0.4) is 0 Å². The molecular weight excluding hydrogens is 376 g/mol. The van der Waals surface area contributed by atoms with Crippen LogP contribution in [0.2, 0.25) is 0 Å². The first-order valence-corrected chi connectivity index (χ1v) is 9.93. The average molecular weight is 392 g/mol. The van der Waals surface area contributed by atoms with Crippen LogP contribution in [0.4, 0.5) is 5.13 Å². The highest BCUT2D eigenvalue weighted by molar-refractivity contribution is 7.99. The Balaban J connectivity index is 1.48. The van der Waals surface area contributed by atoms with E-state index < -0.39 is 0 Å². The number of amides is 1. The first-order valence-electron chi connectivity index (χ1n) is 8.07. The molecule has 1 aliphatic rings. The molecule has 136 valence electrons. The molecule has 11 heteroatoms. The first-order chi connectivity index (χ1) is 12.8. The summed E-state index contributed by atoms with van der Waals surface area (Å²) in [5, 5.41) is 19.8. The summed E-state index contributed by atoms with van der Waals surface area (Å²) >= 11 is 2.59. The Labute approximate surface area is 157 Å². The average Bonchev–Trinajstić information content (AvgIpc) is 3.42. The van der Waals surface area contributed by atoms with Crippen LogP contribution in [0.15, 0.2) is 33.5 Å². The monoisotopic (exact) mass is 392 g/mol. The summed E-state index contributed by atoms with van der Waals surface area (Å²) in [5.41, 5.74) is 1.57. The molecule has 26 heavy (non-hydrogen) atoms. The van der Waals surface area contributed by atoms with Crippen LogP contribution < -0.4 is 5.32 Å². The number of rotatable bonds is 7. The van der Waals surface area contributed by atoms with E-state index in [0.717, 1.165) is 19.4 Å². The number of hydrogen-bond donors (Lipinski definition) is 1. The normalized spacial score (nSPS) is 16.8. The Kier molecular flexibility index (Phi) is 5.27. The minimum absolute atomic E-state index is 0.120. The van der Waals surface area contributed by atoms with E-state index in [9.17, 15) is 4.79 Å². The molecule has 0 spiro atoms. The van der Waals surface area contributed by atoms with E-state index in [0.29, 0.717) is 28.4 Å². The molecule has 0 aliphatic carbocycles. The molecule has 0 aromatic carbocycles. The van der Waals surface area contributed by atoms with E-state index in [4.69, 9.17) is 9.15 Å². The van der Waals surface area contributed by atoms with Gasteiger partial charge >= 0.3 is 0 Å². The number of ether oxygens (including phenoxy) is 1. The predicted molar refractivity (Wildman–Crippen MR) is 96.0 cm³/mol. The highest BCUT2D eigenvalue weighted by Crippen LogP contribution is 2.27. The van der Waals surface area contributed by atoms with Crippen molar-refractivity contribution in [2.24, 2.45) is 0 Å². The molecule has 0 radical (unpaired) electrons. The number of aromatic nitrogens is 5. The molecule has 0 saturated carbocycles. The van der Waals surface area contributed by atoms with Gasteiger partial charge in [-0.2, -0.15) is 0 Å². The van der Waals surface area contributed by atoms with Gasteiger partial charge in [-0.05, 0) is 25.0 Å². The van der Waals surface area contributed by atoms with E-state index in [-0.39, 0.29) is 17.8 Å². The molecule has 1 amide bonds. The number of thioether (sulfide) groups is 1. The van der Waals surface area contributed by atoms with E-state index in [2.05, 4.69) is 25.7 Å². The van der Waals surface area contributed by atoms with Gasteiger partial charge in [-0.1, -0.05) is 23.1 Å². The van der Waals surface area contributed by atoms with E-state index in [1.165, 1.54) is 23.1 Å². The zero-order valence-electron chi connectivity index (χ0n) is 13.7. The lowest BCUT2D eigenvalue weighted by atomic mass is 10.2. The fraction of sp³-hybridized carbons (Fsp3) is 0.400. The fourth-order valence-electron chi connectivity index (χ4n) is 2.65. The molecule has 1 fully saturated rings. The largest absolute Gasteiger partial charge is 0.461 e. The van der Waals surface area contributed by atoms with Gasteiger partial charge < -0.3 is 9.15 Å². The van der Waals surface area contributed by atoms with E-state index in [1.54, 1.807) is 11.8 Å². The summed E-state index contributed by atoms with van der Waals surface area (Å²) in [4.78, 5) is 12.1. The zero-order valence-corrected chi connectivity index (χ0v) is 15.3. The summed E-state index contributed by atoms with van der Waals surface area (Å²) in [6.07, 6.45) is 3.77.